The van der Waals surface area contributed by atoms with Gasteiger partial charge in [0, 0.05) is 22.4 Å². The summed E-state index contributed by atoms with van der Waals surface area (Å²) in [6.07, 6.45) is 35.7. The van der Waals surface area contributed by atoms with Crippen molar-refractivity contribution in [3.8, 4) is 0 Å². The van der Waals surface area contributed by atoms with E-state index in [9.17, 15) is 0 Å². The third-order valence-corrected chi connectivity index (χ3v) is 27.3. The maximum absolute atomic E-state index is 6.25. The molecule has 5 fully saturated rings. The molecule has 0 bridgehead atoms. The molecule has 0 amide bonds. The molecule has 5 aliphatic rings. The van der Waals surface area contributed by atoms with Crippen LogP contribution in [0.15, 0.2) is 0 Å². The van der Waals surface area contributed by atoms with E-state index < -0.39 is 14.5 Å². The van der Waals surface area contributed by atoms with E-state index in [1.54, 1.807) is 0 Å². The van der Waals surface area contributed by atoms with E-state index in [2.05, 4.69) is 0 Å². The topological polar surface area (TPSA) is 0 Å². The first-order valence-electron chi connectivity index (χ1n) is 17.2. The zero-order valence-electron chi connectivity index (χ0n) is 24.7. The zero-order chi connectivity index (χ0) is 27.3. The summed E-state index contributed by atoms with van der Waals surface area (Å²) in [6, 6.07) is 0. The zero-order valence-corrected chi connectivity index (χ0v) is 29.7. The molecule has 5 saturated carbocycles. The first-order valence-corrected chi connectivity index (χ1v) is 23.0. The molecule has 0 nitrogen and oxygen atoms in total. The Kier molecular flexibility index (Phi) is 12.2. The quantitative estimate of drug-likeness (QED) is 0.132. The van der Waals surface area contributed by atoms with Gasteiger partial charge < -0.3 is 49.7 Å². The van der Waals surface area contributed by atoms with Crippen molar-refractivity contribution in [1.82, 2.24) is 0 Å². The SMILES string of the molecule is S=C([S-])[P+](C[C@H]1CCC[C@@H]1C[P+](C(=S)[S-])(C1CCCCC1)C1CCCCC1)(C1CCCCC1)C1CCCCC1. The lowest BCUT2D eigenvalue weighted by Crippen LogP contribution is -2.38. The standard InChI is InChI=1S/C33H56P2S4/c36-32(37)34(28-16-5-1-6-17-28,29-18-7-2-8-19-29)24-26-14-13-15-27(26)25-35(33(38)39,30-20-9-3-10-21-30)31-22-11-4-12-23-31/h26-31H,1-25H2/t26-,27-/m1/s1. The minimum Gasteiger partial charge on any atom is -0.390 e. The van der Waals surface area contributed by atoms with E-state index in [1.165, 1.54) is 160 Å². The molecule has 0 unspecified atom stereocenters. The molecule has 0 aliphatic heterocycles. The highest BCUT2D eigenvalue weighted by atomic mass is 32.1. The molecule has 6 heteroatoms. The summed E-state index contributed by atoms with van der Waals surface area (Å²) in [5.74, 6) is 1.69. The maximum Gasteiger partial charge on any atom is 0.0732 e. The van der Waals surface area contributed by atoms with E-state index in [4.69, 9.17) is 49.7 Å². The van der Waals surface area contributed by atoms with Gasteiger partial charge in [0.1, 0.15) is 0 Å². The van der Waals surface area contributed by atoms with Gasteiger partial charge in [-0.05, 0) is 127 Å². The van der Waals surface area contributed by atoms with E-state index in [0.29, 0.717) is 0 Å². The molecular formula is C33H56P2S4. The second-order valence-electron chi connectivity index (χ2n) is 14.4. The second-order valence-corrected chi connectivity index (χ2v) is 26.0. The van der Waals surface area contributed by atoms with Crippen LogP contribution < -0.4 is 0 Å². The molecule has 0 saturated heterocycles. The summed E-state index contributed by atoms with van der Waals surface area (Å²) < 4.78 is 2.21. The van der Waals surface area contributed by atoms with Crippen molar-refractivity contribution < 1.29 is 0 Å². The van der Waals surface area contributed by atoms with Crippen LogP contribution in [0.1, 0.15) is 148 Å². The van der Waals surface area contributed by atoms with Gasteiger partial charge >= 0.3 is 0 Å². The van der Waals surface area contributed by atoms with Crippen molar-refractivity contribution in [1.29, 1.82) is 0 Å². The van der Waals surface area contributed by atoms with Crippen LogP contribution in [0.25, 0.3) is 0 Å². The fourth-order valence-electron chi connectivity index (χ4n) is 10.5. The largest absolute Gasteiger partial charge is 0.390 e. The molecule has 0 spiro atoms. The van der Waals surface area contributed by atoms with Crippen LogP contribution in [-0.4, -0.2) is 42.8 Å². The van der Waals surface area contributed by atoms with Gasteiger partial charge in [0.2, 0.25) is 0 Å². The Morgan fingerprint density at radius 1 is 0.410 bits per heavy atom. The number of hydrogen-bond acceptors (Lipinski definition) is 4. The predicted molar refractivity (Wildman–Crippen MR) is 192 cm³/mol. The monoisotopic (exact) mass is 642 g/mol. The summed E-state index contributed by atoms with van der Waals surface area (Å²) in [6.45, 7) is 0. The number of hydrogen-bond donors (Lipinski definition) is 0. The van der Waals surface area contributed by atoms with Crippen LogP contribution in [0.4, 0.5) is 0 Å². The van der Waals surface area contributed by atoms with Crippen LogP contribution >= 0.6 is 39.0 Å². The van der Waals surface area contributed by atoms with E-state index in [-0.39, 0.29) is 0 Å². The molecule has 0 heterocycles. The van der Waals surface area contributed by atoms with Crippen molar-refractivity contribution in [2.45, 2.75) is 170 Å². The summed E-state index contributed by atoms with van der Waals surface area (Å²) in [7, 11) is -2.92. The summed E-state index contributed by atoms with van der Waals surface area (Å²) >= 11 is 25.0. The van der Waals surface area contributed by atoms with Crippen LogP contribution in [-0.2, 0) is 25.3 Å². The molecule has 0 aromatic heterocycles. The third-order valence-electron chi connectivity index (χ3n) is 12.5. The number of rotatable bonds is 10. The number of thiocarbonyl (C=S) groups is 2. The van der Waals surface area contributed by atoms with E-state index in [0.717, 1.165) is 42.3 Å². The van der Waals surface area contributed by atoms with Crippen molar-refractivity contribution in [2.24, 2.45) is 11.8 Å². The highest BCUT2D eigenvalue weighted by Crippen LogP contribution is 2.77. The minimum absolute atomic E-state index is 0.846. The van der Waals surface area contributed by atoms with Gasteiger partial charge in [-0.15, -0.1) is 0 Å². The lowest BCUT2D eigenvalue weighted by molar-refractivity contribution is 0.437. The minimum atomic E-state index is -1.46. The Morgan fingerprint density at radius 3 is 0.897 bits per heavy atom. The molecule has 5 aliphatic carbocycles. The Morgan fingerprint density at radius 2 is 0.667 bits per heavy atom. The van der Waals surface area contributed by atoms with E-state index >= 15 is 0 Å². The Labute approximate surface area is 265 Å². The van der Waals surface area contributed by atoms with Gasteiger partial charge in [-0.1, -0.05) is 32.1 Å². The molecule has 5 rings (SSSR count). The van der Waals surface area contributed by atoms with Crippen LogP contribution in [0, 0.1) is 11.8 Å². The molecule has 0 aromatic rings. The van der Waals surface area contributed by atoms with E-state index in [1.807, 2.05) is 0 Å². The third kappa shape index (κ3) is 6.93. The lowest BCUT2D eigenvalue weighted by atomic mass is 9.99. The molecule has 222 valence electrons. The fourth-order valence-corrected chi connectivity index (χ4v) is 26.5. The summed E-state index contributed by atoms with van der Waals surface area (Å²) in [5, 5.41) is 0. The van der Waals surface area contributed by atoms with Gasteiger partial charge in [0.25, 0.3) is 0 Å². The van der Waals surface area contributed by atoms with Gasteiger partial charge in [-0.25, -0.2) is 0 Å². The van der Waals surface area contributed by atoms with Crippen molar-refractivity contribution in [3.63, 3.8) is 0 Å². The lowest BCUT2D eigenvalue weighted by Gasteiger charge is -2.49. The normalized spacial score (nSPS) is 29.4. The maximum atomic E-state index is 6.25. The van der Waals surface area contributed by atoms with Crippen molar-refractivity contribution >= 4 is 72.1 Å². The predicted octanol–water partition coefficient (Wildman–Crippen LogP) is 11.4. The Balaban J connectivity index is 1.45. The van der Waals surface area contributed by atoms with Gasteiger partial charge in [0.05, 0.1) is 35.0 Å². The molecule has 2 atom stereocenters. The van der Waals surface area contributed by atoms with Crippen molar-refractivity contribution in [3.05, 3.63) is 0 Å². The van der Waals surface area contributed by atoms with Gasteiger partial charge in [-0.2, -0.15) is 0 Å². The fraction of sp³-hybridized carbons (Fsp3) is 0.939. The summed E-state index contributed by atoms with van der Waals surface area (Å²) in [5.41, 5.74) is 3.43. The molecule has 0 N–H and O–H groups in total. The molecule has 39 heavy (non-hydrogen) atoms. The van der Waals surface area contributed by atoms with Crippen molar-refractivity contribution in [2.75, 3.05) is 12.3 Å². The van der Waals surface area contributed by atoms with Gasteiger partial charge in [0.15, 0.2) is 0 Å². The molecule has 0 aromatic carbocycles. The smallest absolute Gasteiger partial charge is 0.0732 e. The van der Waals surface area contributed by atoms with Crippen LogP contribution in [0.5, 0.6) is 0 Å². The Hall–Kier alpha value is 1.48. The van der Waals surface area contributed by atoms with Crippen LogP contribution in [0.2, 0.25) is 0 Å². The second kappa shape index (κ2) is 15.0. The Bertz CT molecular complexity index is 705. The van der Waals surface area contributed by atoms with Crippen LogP contribution in [0.3, 0.4) is 0 Å². The first-order chi connectivity index (χ1) is 19.0. The first kappa shape index (κ1) is 31.9. The highest BCUT2D eigenvalue weighted by Gasteiger charge is 2.57. The molecule has 0 radical (unpaired) electrons. The average molecular weight is 643 g/mol. The van der Waals surface area contributed by atoms with Gasteiger partial charge in [-0.3, -0.25) is 0 Å². The molecular weight excluding hydrogens is 587 g/mol. The highest BCUT2D eigenvalue weighted by molar-refractivity contribution is 8.25. The average Bonchev–Trinajstić information content (AvgIpc) is 3.42. The summed E-state index contributed by atoms with van der Waals surface area (Å²) in [4.78, 5) is 0.